The molecular formula is C27H33N3O6. The van der Waals surface area contributed by atoms with Crippen LogP contribution in [0.3, 0.4) is 0 Å². The van der Waals surface area contributed by atoms with Crippen molar-refractivity contribution in [1.82, 2.24) is 9.80 Å². The van der Waals surface area contributed by atoms with Gasteiger partial charge in [0, 0.05) is 24.2 Å². The van der Waals surface area contributed by atoms with Gasteiger partial charge in [0.2, 0.25) is 0 Å². The van der Waals surface area contributed by atoms with Crippen molar-refractivity contribution in [2.24, 2.45) is 0 Å². The number of hydrogen-bond acceptors (Lipinski definition) is 7. The summed E-state index contributed by atoms with van der Waals surface area (Å²) in [5, 5.41) is 22.7. The van der Waals surface area contributed by atoms with Gasteiger partial charge in [0.1, 0.15) is 11.5 Å². The Morgan fingerprint density at radius 3 is 2.56 bits per heavy atom. The molecule has 0 radical (unpaired) electrons. The van der Waals surface area contributed by atoms with Gasteiger partial charge in [-0.15, -0.1) is 0 Å². The van der Waals surface area contributed by atoms with E-state index in [9.17, 15) is 24.8 Å². The maximum Gasteiger partial charge on any atom is 0.295 e. The van der Waals surface area contributed by atoms with E-state index in [2.05, 4.69) is 6.92 Å². The summed E-state index contributed by atoms with van der Waals surface area (Å²) >= 11 is 0. The van der Waals surface area contributed by atoms with Crippen molar-refractivity contribution >= 4 is 23.1 Å². The number of ether oxygens (including phenoxy) is 1. The minimum Gasteiger partial charge on any atom is -0.507 e. The lowest BCUT2D eigenvalue weighted by molar-refractivity contribution is -0.384. The predicted octanol–water partition coefficient (Wildman–Crippen LogP) is 4.46. The van der Waals surface area contributed by atoms with Crippen LogP contribution in [-0.4, -0.2) is 65.3 Å². The molecule has 1 N–H and O–H groups in total. The molecule has 1 unspecified atom stereocenters. The Labute approximate surface area is 211 Å². The fourth-order valence-corrected chi connectivity index (χ4v) is 4.26. The summed E-state index contributed by atoms with van der Waals surface area (Å²) in [5.74, 6) is -1.18. The number of aryl methyl sites for hydroxylation is 1. The van der Waals surface area contributed by atoms with E-state index in [4.69, 9.17) is 4.74 Å². The zero-order chi connectivity index (χ0) is 26.4. The highest BCUT2D eigenvalue weighted by Crippen LogP contribution is 2.40. The molecule has 3 rings (SSSR count). The Morgan fingerprint density at radius 2 is 1.92 bits per heavy atom. The fraction of sp³-hybridized carbons (Fsp3) is 0.407. The summed E-state index contributed by atoms with van der Waals surface area (Å²) in [6, 6.07) is 9.99. The molecule has 1 heterocycles. The number of likely N-dealkylation sites (tertiary alicyclic amines) is 1. The maximum atomic E-state index is 13.2. The van der Waals surface area contributed by atoms with Crippen LogP contribution in [0, 0.1) is 17.0 Å². The number of aliphatic hydroxyl groups is 1. The third kappa shape index (κ3) is 5.91. The lowest BCUT2D eigenvalue weighted by Gasteiger charge is -2.26. The van der Waals surface area contributed by atoms with E-state index in [1.165, 1.54) is 23.1 Å². The first-order chi connectivity index (χ1) is 17.1. The van der Waals surface area contributed by atoms with Crippen molar-refractivity contribution < 1.29 is 24.4 Å². The van der Waals surface area contributed by atoms with Crippen LogP contribution in [-0.2, 0) is 9.59 Å². The topological polar surface area (TPSA) is 113 Å². The highest BCUT2D eigenvalue weighted by atomic mass is 16.6. The number of amides is 1. The van der Waals surface area contributed by atoms with Gasteiger partial charge in [-0.25, -0.2) is 0 Å². The number of ketones is 1. The molecule has 1 amide bonds. The van der Waals surface area contributed by atoms with E-state index in [0.29, 0.717) is 36.4 Å². The Kier molecular flexibility index (Phi) is 8.82. The maximum absolute atomic E-state index is 13.2. The summed E-state index contributed by atoms with van der Waals surface area (Å²) in [5.41, 5.74) is 1.31. The molecule has 1 saturated heterocycles. The molecule has 0 saturated carbocycles. The summed E-state index contributed by atoms with van der Waals surface area (Å²) in [6.45, 7) is 5.44. The second kappa shape index (κ2) is 11.8. The Bertz CT molecular complexity index is 1170. The quantitative estimate of drug-likeness (QED) is 0.122. The summed E-state index contributed by atoms with van der Waals surface area (Å²) in [7, 11) is 3.81. The van der Waals surface area contributed by atoms with E-state index in [1.807, 2.05) is 25.9 Å². The van der Waals surface area contributed by atoms with E-state index in [0.717, 1.165) is 18.4 Å². The SMILES string of the molecule is CCCCOc1ccc(/C(O)=C2\C(=O)C(=O)N(CCCN(C)C)C2c2cccc([N+](=O)[O-])c2)cc1C. The average Bonchev–Trinajstić information content (AvgIpc) is 3.09. The van der Waals surface area contributed by atoms with Crippen molar-refractivity contribution in [3.8, 4) is 5.75 Å². The number of hydrogen-bond donors (Lipinski definition) is 1. The monoisotopic (exact) mass is 495 g/mol. The smallest absolute Gasteiger partial charge is 0.295 e. The number of aliphatic hydroxyl groups excluding tert-OH is 1. The minimum atomic E-state index is -0.937. The van der Waals surface area contributed by atoms with Crippen LogP contribution in [0.1, 0.15) is 48.9 Å². The highest BCUT2D eigenvalue weighted by molar-refractivity contribution is 6.46. The lowest BCUT2D eigenvalue weighted by atomic mass is 9.94. The molecule has 1 atom stereocenters. The predicted molar refractivity (Wildman–Crippen MR) is 137 cm³/mol. The van der Waals surface area contributed by atoms with Gasteiger partial charge in [0.25, 0.3) is 17.4 Å². The molecule has 0 aromatic heterocycles. The highest BCUT2D eigenvalue weighted by Gasteiger charge is 2.46. The zero-order valence-electron chi connectivity index (χ0n) is 21.2. The van der Waals surface area contributed by atoms with Gasteiger partial charge in [0.05, 0.1) is 23.1 Å². The fourth-order valence-electron chi connectivity index (χ4n) is 4.26. The summed E-state index contributed by atoms with van der Waals surface area (Å²) in [4.78, 5) is 40.5. The standard InChI is InChI=1S/C27H33N3O6/c1-5-6-15-36-22-12-11-20(16-18(22)2)25(31)23-24(19-9-7-10-21(17-19)30(34)35)29(27(33)26(23)32)14-8-13-28(3)4/h7,9-12,16-17,24,31H,5-6,8,13-15H2,1-4H3/b25-23+. The van der Waals surface area contributed by atoms with E-state index < -0.39 is 22.7 Å². The van der Waals surface area contributed by atoms with Gasteiger partial charge in [-0.2, -0.15) is 0 Å². The average molecular weight is 496 g/mol. The van der Waals surface area contributed by atoms with Gasteiger partial charge >= 0.3 is 0 Å². The number of carbonyl (C=O) groups is 2. The van der Waals surface area contributed by atoms with Crippen LogP contribution in [0.4, 0.5) is 5.69 Å². The number of carbonyl (C=O) groups excluding carboxylic acids is 2. The molecule has 0 aliphatic carbocycles. The Hall–Kier alpha value is -3.72. The van der Waals surface area contributed by atoms with E-state index in [1.54, 1.807) is 24.3 Å². The summed E-state index contributed by atoms with van der Waals surface area (Å²) in [6.07, 6.45) is 2.51. The van der Waals surface area contributed by atoms with Crippen molar-refractivity contribution in [3.05, 3.63) is 74.8 Å². The lowest BCUT2D eigenvalue weighted by Crippen LogP contribution is -2.32. The molecule has 1 aliphatic rings. The van der Waals surface area contributed by atoms with Gasteiger partial charge in [0.15, 0.2) is 0 Å². The molecule has 2 aromatic rings. The van der Waals surface area contributed by atoms with Crippen LogP contribution in [0.15, 0.2) is 48.0 Å². The van der Waals surface area contributed by atoms with Crippen molar-refractivity contribution in [2.75, 3.05) is 33.8 Å². The number of non-ortho nitro benzene ring substituents is 1. The third-order valence-corrected chi connectivity index (χ3v) is 6.14. The number of rotatable bonds is 11. The molecular weight excluding hydrogens is 462 g/mol. The van der Waals surface area contributed by atoms with Crippen molar-refractivity contribution in [3.63, 3.8) is 0 Å². The molecule has 0 bridgehead atoms. The number of nitrogens with zero attached hydrogens (tertiary/aromatic N) is 3. The normalized spacial score (nSPS) is 17.1. The largest absolute Gasteiger partial charge is 0.507 e. The van der Waals surface area contributed by atoms with E-state index >= 15 is 0 Å². The molecule has 1 aliphatic heterocycles. The zero-order valence-corrected chi connectivity index (χ0v) is 21.2. The van der Waals surface area contributed by atoms with Gasteiger partial charge in [-0.05, 0) is 69.7 Å². The number of Topliss-reactive ketones (excluding diaryl/α,β-unsaturated/α-hetero) is 1. The van der Waals surface area contributed by atoms with Crippen LogP contribution in [0.5, 0.6) is 5.75 Å². The minimum absolute atomic E-state index is 0.0793. The van der Waals surface area contributed by atoms with Crippen LogP contribution in [0.25, 0.3) is 5.76 Å². The second-order valence-electron chi connectivity index (χ2n) is 9.18. The van der Waals surface area contributed by atoms with Crippen LogP contribution in [0.2, 0.25) is 0 Å². The first-order valence-electron chi connectivity index (χ1n) is 12.1. The molecule has 2 aromatic carbocycles. The molecule has 9 heteroatoms. The van der Waals surface area contributed by atoms with Crippen LogP contribution < -0.4 is 4.74 Å². The van der Waals surface area contributed by atoms with Crippen LogP contribution >= 0.6 is 0 Å². The van der Waals surface area contributed by atoms with E-state index in [-0.39, 0.29) is 23.6 Å². The van der Waals surface area contributed by atoms with Gasteiger partial charge in [-0.1, -0.05) is 25.5 Å². The second-order valence-corrected chi connectivity index (χ2v) is 9.18. The summed E-state index contributed by atoms with van der Waals surface area (Å²) < 4.78 is 5.79. The van der Waals surface area contributed by atoms with Gasteiger partial charge in [-0.3, -0.25) is 19.7 Å². The molecule has 1 fully saturated rings. The Balaban J connectivity index is 2.07. The molecule has 0 spiro atoms. The Morgan fingerprint density at radius 1 is 1.17 bits per heavy atom. The first kappa shape index (κ1) is 26.9. The molecule has 36 heavy (non-hydrogen) atoms. The molecule has 9 nitrogen and oxygen atoms in total. The number of unbranched alkanes of at least 4 members (excludes halogenated alkanes) is 1. The number of nitro benzene ring substituents is 1. The number of nitro groups is 1. The van der Waals surface area contributed by atoms with Crippen molar-refractivity contribution in [1.29, 1.82) is 0 Å². The first-order valence-corrected chi connectivity index (χ1v) is 12.1. The molecule has 192 valence electrons. The number of benzene rings is 2. The van der Waals surface area contributed by atoms with Crippen molar-refractivity contribution in [2.45, 2.75) is 39.2 Å². The third-order valence-electron chi connectivity index (χ3n) is 6.14. The van der Waals surface area contributed by atoms with Gasteiger partial charge < -0.3 is 19.6 Å².